The lowest BCUT2D eigenvalue weighted by molar-refractivity contribution is 0.162. The number of aromatic nitrogens is 1. The van der Waals surface area contributed by atoms with Crippen LogP contribution in [0.2, 0.25) is 0 Å². The first-order valence-corrected chi connectivity index (χ1v) is 6.82. The Labute approximate surface area is 114 Å². The van der Waals surface area contributed by atoms with Gasteiger partial charge in [-0.05, 0) is 39.8 Å². The van der Waals surface area contributed by atoms with Crippen molar-refractivity contribution in [1.82, 2.24) is 9.88 Å². The maximum atomic E-state index is 10.1. The van der Waals surface area contributed by atoms with Crippen LogP contribution in [0.3, 0.4) is 0 Å². The van der Waals surface area contributed by atoms with Crippen LogP contribution in [0.4, 0.5) is 0 Å². The van der Waals surface area contributed by atoms with Crippen molar-refractivity contribution >= 4 is 10.9 Å². The summed E-state index contributed by atoms with van der Waals surface area (Å²) in [5.74, 6) is 0.282. The van der Waals surface area contributed by atoms with E-state index in [1.165, 1.54) is 0 Å². The molecule has 19 heavy (non-hydrogen) atoms. The van der Waals surface area contributed by atoms with Crippen molar-refractivity contribution in [2.24, 2.45) is 0 Å². The molecule has 0 radical (unpaired) electrons. The monoisotopic (exact) mass is 258 g/mol. The van der Waals surface area contributed by atoms with Gasteiger partial charge in [0.05, 0.1) is 11.2 Å². The summed E-state index contributed by atoms with van der Waals surface area (Å²) in [5, 5.41) is 11.1. The van der Waals surface area contributed by atoms with Crippen LogP contribution >= 0.6 is 0 Å². The largest absolute Gasteiger partial charge is 0.506 e. The third kappa shape index (κ3) is 3.04. The van der Waals surface area contributed by atoms with E-state index in [4.69, 9.17) is 0 Å². The number of nitrogens with zero attached hydrogens (tertiary/aromatic N) is 2. The molecule has 0 aliphatic carbocycles. The zero-order chi connectivity index (χ0) is 14.0. The van der Waals surface area contributed by atoms with Crippen LogP contribution < -0.4 is 0 Å². The second-order valence-corrected chi connectivity index (χ2v) is 5.51. The highest BCUT2D eigenvalue weighted by atomic mass is 16.3. The fourth-order valence-electron chi connectivity index (χ4n) is 2.40. The molecule has 0 saturated carbocycles. The van der Waals surface area contributed by atoms with Gasteiger partial charge in [0, 0.05) is 24.0 Å². The van der Waals surface area contributed by atoms with Gasteiger partial charge in [-0.1, -0.05) is 18.2 Å². The molecule has 0 unspecified atom stereocenters. The summed E-state index contributed by atoms with van der Waals surface area (Å²) in [4.78, 5) is 6.90. The van der Waals surface area contributed by atoms with Crippen molar-refractivity contribution in [3.63, 3.8) is 0 Å². The smallest absolute Gasteiger partial charge is 0.139 e. The van der Waals surface area contributed by atoms with Crippen LogP contribution in [0.15, 0.2) is 30.3 Å². The molecular weight excluding hydrogens is 236 g/mol. The number of rotatable bonds is 4. The van der Waals surface area contributed by atoms with Crippen LogP contribution in [-0.4, -0.2) is 27.1 Å². The van der Waals surface area contributed by atoms with Gasteiger partial charge in [-0.3, -0.25) is 4.90 Å². The summed E-state index contributed by atoms with van der Waals surface area (Å²) in [5.41, 5.74) is 1.68. The quantitative estimate of drug-likeness (QED) is 0.911. The Bertz CT molecular complexity index is 556. The Morgan fingerprint density at radius 2 is 1.74 bits per heavy atom. The van der Waals surface area contributed by atoms with E-state index in [0.717, 1.165) is 16.6 Å². The second kappa shape index (κ2) is 5.57. The topological polar surface area (TPSA) is 36.4 Å². The van der Waals surface area contributed by atoms with Crippen molar-refractivity contribution < 1.29 is 5.11 Å². The van der Waals surface area contributed by atoms with E-state index in [2.05, 4.69) is 37.6 Å². The Kier molecular flexibility index (Phi) is 4.05. The minimum Gasteiger partial charge on any atom is -0.506 e. The number of hydrogen-bond donors (Lipinski definition) is 1. The van der Waals surface area contributed by atoms with Gasteiger partial charge in [0.15, 0.2) is 0 Å². The van der Waals surface area contributed by atoms with E-state index in [9.17, 15) is 5.11 Å². The van der Waals surface area contributed by atoms with Crippen LogP contribution in [0.5, 0.6) is 5.75 Å². The van der Waals surface area contributed by atoms with E-state index in [-0.39, 0.29) is 5.75 Å². The number of fused-ring (bicyclic) bond motifs is 1. The van der Waals surface area contributed by atoms with Gasteiger partial charge in [-0.25, -0.2) is 4.98 Å². The first kappa shape index (κ1) is 13.8. The van der Waals surface area contributed by atoms with Gasteiger partial charge in [0.2, 0.25) is 0 Å². The zero-order valence-electron chi connectivity index (χ0n) is 12.1. The minimum absolute atomic E-state index is 0.282. The van der Waals surface area contributed by atoms with Crippen LogP contribution in [0.25, 0.3) is 10.9 Å². The first-order chi connectivity index (χ1) is 8.99. The van der Waals surface area contributed by atoms with Crippen molar-refractivity contribution in [2.75, 3.05) is 0 Å². The molecule has 1 N–H and O–H groups in total. The summed E-state index contributed by atoms with van der Waals surface area (Å²) in [6.07, 6.45) is 0. The third-order valence-electron chi connectivity index (χ3n) is 3.44. The average Bonchev–Trinajstić information content (AvgIpc) is 2.35. The highest BCUT2D eigenvalue weighted by Gasteiger charge is 2.16. The van der Waals surface area contributed by atoms with Gasteiger partial charge >= 0.3 is 0 Å². The van der Waals surface area contributed by atoms with Crippen molar-refractivity contribution in [3.8, 4) is 5.75 Å². The standard InChI is InChI=1S/C16H22N2O/c1-11(2)18(12(3)4)10-15-16(19)9-13-7-5-6-8-14(13)17-15/h5-9,11-12,19H,10H2,1-4H3. The van der Waals surface area contributed by atoms with Gasteiger partial charge in [0.1, 0.15) is 5.75 Å². The predicted molar refractivity (Wildman–Crippen MR) is 79.2 cm³/mol. The summed E-state index contributed by atoms with van der Waals surface area (Å²) in [6.45, 7) is 9.33. The summed E-state index contributed by atoms with van der Waals surface area (Å²) < 4.78 is 0. The van der Waals surface area contributed by atoms with E-state index >= 15 is 0 Å². The Morgan fingerprint density at radius 1 is 1.11 bits per heavy atom. The molecule has 0 amide bonds. The lowest BCUT2D eigenvalue weighted by atomic mass is 10.1. The average molecular weight is 258 g/mol. The molecule has 1 aromatic carbocycles. The molecule has 2 aromatic rings. The van der Waals surface area contributed by atoms with E-state index in [1.54, 1.807) is 6.07 Å². The summed E-state index contributed by atoms with van der Waals surface area (Å²) >= 11 is 0. The molecule has 0 saturated heterocycles. The Hall–Kier alpha value is -1.61. The SMILES string of the molecule is CC(C)N(Cc1nc2ccccc2cc1O)C(C)C. The van der Waals surface area contributed by atoms with Gasteiger partial charge in [-0.15, -0.1) is 0 Å². The van der Waals surface area contributed by atoms with Gasteiger partial charge < -0.3 is 5.11 Å². The fraction of sp³-hybridized carbons (Fsp3) is 0.438. The van der Waals surface area contributed by atoms with Crippen LogP contribution in [0, 0.1) is 0 Å². The minimum atomic E-state index is 0.282. The third-order valence-corrected chi connectivity index (χ3v) is 3.44. The first-order valence-electron chi connectivity index (χ1n) is 6.82. The van der Waals surface area contributed by atoms with Gasteiger partial charge in [-0.2, -0.15) is 0 Å². The molecule has 3 nitrogen and oxygen atoms in total. The summed E-state index contributed by atoms with van der Waals surface area (Å²) in [7, 11) is 0. The number of para-hydroxylation sites is 1. The number of pyridine rings is 1. The number of aromatic hydroxyl groups is 1. The number of hydrogen-bond acceptors (Lipinski definition) is 3. The Morgan fingerprint density at radius 3 is 2.37 bits per heavy atom. The molecule has 0 aliphatic heterocycles. The molecule has 0 fully saturated rings. The van der Waals surface area contributed by atoms with Crippen molar-refractivity contribution in [3.05, 3.63) is 36.0 Å². The molecule has 0 bridgehead atoms. The number of benzene rings is 1. The molecule has 102 valence electrons. The van der Waals surface area contributed by atoms with E-state index in [0.29, 0.717) is 18.6 Å². The normalized spacial score (nSPS) is 11.9. The molecule has 1 heterocycles. The molecule has 1 aromatic heterocycles. The molecule has 2 rings (SSSR count). The van der Waals surface area contributed by atoms with Crippen LogP contribution in [-0.2, 0) is 6.54 Å². The molecule has 0 atom stereocenters. The fourth-order valence-corrected chi connectivity index (χ4v) is 2.40. The zero-order valence-corrected chi connectivity index (χ0v) is 12.1. The lowest BCUT2D eigenvalue weighted by Gasteiger charge is -2.30. The summed E-state index contributed by atoms with van der Waals surface area (Å²) in [6, 6.07) is 10.5. The van der Waals surface area contributed by atoms with Crippen molar-refractivity contribution in [1.29, 1.82) is 0 Å². The molecular formula is C16H22N2O. The highest BCUT2D eigenvalue weighted by molar-refractivity contribution is 5.80. The predicted octanol–water partition coefficient (Wildman–Crippen LogP) is 3.56. The van der Waals surface area contributed by atoms with Crippen molar-refractivity contribution in [2.45, 2.75) is 46.3 Å². The maximum absolute atomic E-state index is 10.1. The maximum Gasteiger partial charge on any atom is 0.139 e. The molecule has 0 aliphatic rings. The van der Waals surface area contributed by atoms with E-state index in [1.807, 2.05) is 24.3 Å². The van der Waals surface area contributed by atoms with Gasteiger partial charge in [0.25, 0.3) is 0 Å². The molecule has 3 heteroatoms. The Balaban J connectivity index is 2.36. The second-order valence-electron chi connectivity index (χ2n) is 5.51. The van der Waals surface area contributed by atoms with E-state index < -0.39 is 0 Å². The van der Waals surface area contributed by atoms with Crippen LogP contribution in [0.1, 0.15) is 33.4 Å². The molecule has 0 spiro atoms. The lowest BCUT2D eigenvalue weighted by Crippen LogP contribution is -2.36. The highest BCUT2D eigenvalue weighted by Crippen LogP contribution is 2.24.